The molecular weight excluding hydrogens is 329 g/mol. The Labute approximate surface area is 136 Å². The number of hydrogen-bond acceptors (Lipinski definition) is 4. The second-order valence-electron chi connectivity index (χ2n) is 4.86. The van der Waals surface area contributed by atoms with Gasteiger partial charge in [-0.3, -0.25) is 9.48 Å². The van der Waals surface area contributed by atoms with Gasteiger partial charge in [-0.05, 0) is 24.6 Å². The van der Waals surface area contributed by atoms with Crippen LogP contribution in [0.15, 0.2) is 18.2 Å². The van der Waals surface area contributed by atoms with Crippen LogP contribution in [0.25, 0.3) is 0 Å². The zero-order valence-electron chi connectivity index (χ0n) is 11.5. The van der Waals surface area contributed by atoms with Gasteiger partial charge in [0, 0.05) is 7.05 Å². The molecule has 1 aromatic heterocycles. The van der Waals surface area contributed by atoms with E-state index in [9.17, 15) is 4.79 Å². The molecule has 0 fully saturated rings. The number of fused-ring (bicyclic) bond motifs is 1. The molecule has 1 atom stereocenters. The minimum atomic E-state index is -0.0697. The fourth-order valence-electron chi connectivity index (χ4n) is 2.41. The van der Waals surface area contributed by atoms with Crippen molar-refractivity contribution in [3.8, 4) is 0 Å². The molecule has 1 N–H and O–H groups in total. The monoisotopic (exact) mass is 341 g/mol. The topological polar surface area (TPSA) is 46.9 Å². The number of anilines is 1. The van der Waals surface area contributed by atoms with Gasteiger partial charge < -0.3 is 5.32 Å². The fraction of sp³-hybridized carbons (Fsp3) is 0.286. The number of Topliss-reactive ketones (excluding diaryl/α,β-unsaturated/α-hetero) is 1. The van der Waals surface area contributed by atoms with Crippen molar-refractivity contribution in [2.75, 3.05) is 11.1 Å². The maximum atomic E-state index is 12.3. The first-order valence-corrected chi connectivity index (χ1v) is 8.17. The summed E-state index contributed by atoms with van der Waals surface area (Å²) in [7, 11) is 1.83. The molecule has 1 aliphatic heterocycles. The first-order valence-electron chi connectivity index (χ1n) is 6.37. The van der Waals surface area contributed by atoms with Crippen molar-refractivity contribution >= 4 is 46.6 Å². The number of benzene rings is 1. The van der Waals surface area contributed by atoms with Crippen LogP contribution in [0.2, 0.25) is 10.0 Å². The second kappa shape index (κ2) is 5.55. The van der Waals surface area contributed by atoms with E-state index in [1.54, 1.807) is 10.7 Å². The first-order chi connectivity index (χ1) is 9.97. The van der Waals surface area contributed by atoms with Crippen LogP contribution in [-0.2, 0) is 7.05 Å². The molecule has 110 valence electrons. The Morgan fingerprint density at radius 2 is 2.14 bits per heavy atom. The fourth-order valence-corrected chi connectivity index (χ4v) is 3.71. The summed E-state index contributed by atoms with van der Waals surface area (Å²) in [5.74, 6) is 1.24. The Morgan fingerprint density at radius 3 is 2.86 bits per heavy atom. The van der Waals surface area contributed by atoms with E-state index in [1.807, 2.05) is 26.1 Å². The highest BCUT2D eigenvalue weighted by Gasteiger charge is 2.28. The third-order valence-corrected chi connectivity index (χ3v) is 5.29. The highest BCUT2D eigenvalue weighted by Crippen LogP contribution is 2.38. The minimum absolute atomic E-state index is 0.0697. The molecule has 3 rings (SSSR count). The van der Waals surface area contributed by atoms with E-state index in [4.69, 9.17) is 23.2 Å². The summed E-state index contributed by atoms with van der Waals surface area (Å²) >= 11 is 13.6. The van der Waals surface area contributed by atoms with Gasteiger partial charge in [-0.2, -0.15) is 5.10 Å². The molecule has 0 amide bonds. The first kappa shape index (κ1) is 14.8. The molecule has 1 aromatic carbocycles. The third-order valence-electron chi connectivity index (χ3n) is 3.40. The molecular formula is C14H13Cl2N3OS. The average molecular weight is 342 g/mol. The summed E-state index contributed by atoms with van der Waals surface area (Å²) in [5, 5.41) is 8.66. The summed E-state index contributed by atoms with van der Waals surface area (Å²) in [6, 6.07) is 5.51. The minimum Gasteiger partial charge on any atom is -0.354 e. The van der Waals surface area contributed by atoms with E-state index < -0.39 is 0 Å². The molecule has 0 radical (unpaired) electrons. The van der Waals surface area contributed by atoms with Gasteiger partial charge in [0.05, 0.1) is 32.4 Å². The summed E-state index contributed by atoms with van der Waals surface area (Å²) in [6.07, 6.45) is 0. The molecule has 0 saturated carbocycles. The van der Waals surface area contributed by atoms with Crippen molar-refractivity contribution in [1.29, 1.82) is 0 Å². The van der Waals surface area contributed by atoms with Crippen molar-refractivity contribution in [3.63, 3.8) is 0 Å². The van der Waals surface area contributed by atoms with E-state index in [0.29, 0.717) is 21.4 Å². The van der Waals surface area contributed by atoms with Crippen LogP contribution in [-0.4, -0.2) is 21.3 Å². The number of hydrogen-bond donors (Lipinski definition) is 1. The van der Waals surface area contributed by atoms with Gasteiger partial charge in [-0.15, -0.1) is 11.8 Å². The SMILES string of the molecule is Cc1nn(C)c2c1C(=O)CSC(c1ccc(Cl)c(Cl)c1)N2. The van der Waals surface area contributed by atoms with Crippen LogP contribution >= 0.6 is 35.0 Å². The molecule has 0 bridgehead atoms. The molecule has 21 heavy (non-hydrogen) atoms. The Balaban J connectivity index is 2.01. The molecule has 0 aliphatic carbocycles. The van der Waals surface area contributed by atoms with Gasteiger partial charge in [0.25, 0.3) is 0 Å². The van der Waals surface area contributed by atoms with Gasteiger partial charge in [0.1, 0.15) is 5.82 Å². The standard InChI is InChI=1S/C14H13Cl2N3OS/c1-7-12-11(20)6-21-14(17-13(12)19(2)18-7)8-3-4-9(15)10(16)5-8/h3-5,14,17H,6H2,1-2H3. The second-order valence-corrected chi connectivity index (χ2v) is 6.77. The quantitative estimate of drug-likeness (QED) is 0.848. The van der Waals surface area contributed by atoms with Crippen molar-refractivity contribution in [3.05, 3.63) is 45.1 Å². The van der Waals surface area contributed by atoms with Crippen LogP contribution < -0.4 is 5.32 Å². The molecule has 2 heterocycles. The van der Waals surface area contributed by atoms with Gasteiger partial charge in [0.2, 0.25) is 0 Å². The van der Waals surface area contributed by atoms with Crippen molar-refractivity contribution in [2.24, 2.45) is 7.05 Å². The maximum Gasteiger partial charge on any atom is 0.178 e. The lowest BCUT2D eigenvalue weighted by Crippen LogP contribution is -2.10. The van der Waals surface area contributed by atoms with Gasteiger partial charge in [-0.25, -0.2) is 0 Å². The lowest BCUT2D eigenvalue weighted by molar-refractivity contribution is 0.102. The number of halogens is 2. The highest BCUT2D eigenvalue weighted by molar-refractivity contribution is 8.00. The number of carbonyl (C=O) groups is 1. The largest absolute Gasteiger partial charge is 0.354 e. The van der Waals surface area contributed by atoms with Crippen LogP contribution in [0.5, 0.6) is 0 Å². The normalized spacial score (nSPS) is 18.1. The zero-order valence-corrected chi connectivity index (χ0v) is 13.8. The number of thioether (sulfide) groups is 1. The maximum absolute atomic E-state index is 12.3. The number of aryl methyl sites for hydroxylation is 2. The number of nitrogens with one attached hydrogen (secondary N) is 1. The Kier molecular flexibility index (Phi) is 3.90. The van der Waals surface area contributed by atoms with E-state index in [2.05, 4.69) is 10.4 Å². The highest BCUT2D eigenvalue weighted by atomic mass is 35.5. The zero-order chi connectivity index (χ0) is 15.1. The van der Waals surface area contributed by atoms with Crippen LogP contribution in [0.4, 0.5) is 5.82 Å². The van der Waals surface area contributed by atoms with Gasteiger partial charge in [0.15, 0.2) is 5.78 Å². The third kappa shape index (κ3) is 2.65. The Hall–Kier alpha value is -1.17. The van der Waals surface area contributed by atoms with E-state index in [1.165, 1.54) is 11.8 Å². The Bertz CT molecular complexity index is 729. The van der Waals surface area contributed by atoms with Gasteiger partial charge in [-0.1, -0.05) is 29.3 Å². The molecule has 1 unspecified atom stereocenters. The predicted octanol–water partition coefficient (Wildman–Crippen LogP) is 4.08. The van der Waals surface area contributed by atoms with Crippen LogP contribution in [0.1, 0.15) is 27.0 Å². The molecule has 1 aliphatic rings. The molecule has 2 aromatic rings. The predicted molar refractivity (Wildman–Crippen MR) is 87.6 cm³/mol. The number of aromatic nitrogens is 2. The molecule has 7 heteroatoms. The number of rotatable bonds is 1. The lowest BCUT2D eigenvalue weighted by atomic mass is 10.1. The summed E-state index contributed by atoms with van der Waals surface area (Å²) in [6.45, 7) is 1.85. The molecule has 4 nitrogen and oxygen atoms in total. The lowest BCUT2D eigenvalue weighted by Gasteiger charge is -2.18. The number of nitrogens with zero attached hydrogens (tertiary/aromatic N) is 2. The average Bonchev–Trinajstić information content (AvgIpc) is 2.61. The Morgan fingerprint density at radius 1 is 1.38 bits per heavy atom. The molecule has 0 saturated heterocycles. The smallest absolute Gasteiger partial charge is 0.178 e. The van der Waals surface area contributed by atoms with Crippen molar-refractivity contribution in [2.45, 2.75) is 12.3 Å². The summed E-state index contributed by atoms with van der Waals surface area (Å²) < 4.78 is 1.71. The van der Waals surface area contributed by atoms with Crippen LogP contribution in [0.3, 0.4) is 0 Å². The number of ketones is 1. The van der Waals surface area contributed by atoms with E-state index >= 15 is 0 Å². The summed E-state index contributed by atoms with van der Waals surface area (Å²) in [5.41, 5.74) is 2.40. The van der Waals surface area contributed by atoms with Crippen molar-refractivity contribution < 1.29 is 4.79 Å². The summed E-state index contributed by atoms with van der Waals surface area (Å²) in [4.78, 5) is 12.3. The van der Waals surface area contributed by atoms with E-state index in [0.717, 1.165) is 17.1 Å². The van der Waals surface area contributed by atoms with Crippen LogP contribution in [0, 0.1) is 6.92 Å². The number of carbonyl (C=O) groups excluding carboxylic acids is 1. The van der Waals surface area contributed by atoms with Gasteiger partial charge >= 0.3 is 0 Å². The van der Waals surface area contributed by atoms with Crippen molar-refractivity contribution in [1.82, 2.24) is 9.78 Å². The molecule has 0 spiro atoms. The van der Waals surface area contributed by atoms with E-state index in [-0.39, 0.29) is 11.2 Å².